The molecule has 1 N–H and O–H groups in total. The fraction of sp³-hybridized carbons (Fsp3) is 0.158. The van der Waals surface area contributed by atoms with Gasteiger partial charge < -0.3 is 10.2 Å². The van der Waals surface area contributed by atoms with Gasteiger partial charge in [-0.25, -0.2) is 0 Å². The van der Waals surface area contributed by atoms with E-state index in [1.165, 1.54) is 5.56 Å². The van der Waals surface area contributed by atoms with Gasteiger partial charge in [-0.2, -0.15) is 5.26 Å². The number of hydrogen-bond donors (Lipinski definition) is 1. The van der Waals surface area contributed by atoms with Gasteiger partial charge in [0.15, 0.2) is 0 Å². The van der Waals surface area contributed by atoms with Crippen molar-refractivity contribution in [1.29, 1.82) is 5.26 Å². The van der Waals surface area contributed by atoms with Crippen LogP contribution in [0.3, 0.4) is 0 Å². The number of nitriles is 1. The van der Waals surface area contributed by atoms with Gasteiger partial charge >= 0.3 is 0 Å². The molecule has 0 saturated carbocycles. The molecule has 0 bridgehead atoms. The van der Waals surface area contributed by atoms with Crippen LogP contribution in [0.5, 0.6) is 0 Å². The Kier molecular flexibility index (Phi) is 5.28. The standard InChI is InChI=1S/C19H15Cl2N3O/c20-15-7-8-16(21)17(10-15)23-19(25)14(11-22)12-24-9-3-5-13-4-1-2-6-18(13)24/h1-2,4,6-8,10,12H,3,5,9H2,(H,23,25)/b14-12-. The Bertz CT molecular complexity index is 886. The number of anilines is 2. The van der Waals surface area contributed by atoms with Crippen LogP contribution in [0.2, 0.25) is 10.0 Å². The summed E-state index contributed by atoms with van der Waals surface area (Å²) >= 11 is 12.0. The first-order valence-electron chi connectivity index (χ1n) is 7.81. The second kappa shape index (κ2) is 7.60. The molecule has 0 aromatic heterocycles. The molecule has 0 unspecified atom stereocenters. The Morgan fingerprint density at radius 1 is 1.24 bits per heavy atom. The van der Waals surface area contributed by atoms with Gasteiger partial charge in [-0.3, -0.25) is 4.79 Å². The molecule has 4 nitrogen and oxygen atoms in total. The highest BCUT2D eigenvalue weighted by atomic mass is 35.5. The van der Waals surface area contributed by atoms with Crippen LogP contribution < -0.4 is 10.2 Å². The predicted octanol–water partition coefficient (Wildman–Crippen LogP) is 4.79. The minimum atomic E-state index is -0.519. The fourth-order valence-corrected chi connectivity index (χ4v) is 3.11. The number of hydrogen-bond acceptors (Lipinski definition) is 3. The number of nitrogens with one attached hydrogen (secondary N) is 1. The van der Waals surface area contributed by atoms with Crippen molar-refractivity contribution < 1.29 is 4.79 Å². The largest absolute Gasteiger partial charge is 0.346 e. The summed E-state index contributed by atoms with van der Waals surface area (Å²) in [6, 6.07) is 14.7. The minimum Gasteiger partial charge on any atom is -0.346 e. The fourth-order valence-electron chi connectivity index (χ4n) is 2.77. The van der Waals surface area contributed by atoms with E-state index in [-0.39, 0.29) is 5.57 Å². The topological polar surface area (TPSA) is 56.1 Å². The van der Waals surface area contributed by atoms with Crippen LogP contribution >= 0.6 is 23.2 Å². The maximum atomic E-state index is 12.5. The molecule has 0 aliphatic carbocycles. The first-order chi connectivity index (χ1) is 12.1. The number of nitrogens with zero attached hydrogens (tertiary/aromatic N) is 2. The van der Waals surface area contributed by atoms with E-state index in [2.05, 4.69) is 11.4 Å². The smallest absolute Gasteiger partial charge is 0.267 e. The molecule has 2 aromatic rings. The third-order valence-electron chi connectivity index (χ3n) is 3.97. The summed E-state index contributed by atoms with van der Waals surface area (Å²) in [5.41, 5.74) is 2.61. The van der Waals surface area contributed by atoms with Gasteiger partial charge in [-0.15, -0.1) is 0 Å². The summed E-state index contributed by atoms with van der Waals surface area (Å²) in [6.45, 7) is 0.757. The van der Waals surface area contributed by atoms with Crippen molar-refractivity contribution in [1.82, 2.24) is 0 Å². The molecule has 1 aliphatic heterocycles. The monoisotopic (exact) mass is 371 g/mol. The molecule has 0 saturated heterocycles. The Morgan fingerprint density at radius 2 is 2.04 bits per heavy atom. The summed E-state index contributed by atoms with van der Waals surface area (Å²) < 4.78 is 0. The number of carbonyl (C=O) groups is 1. The van der Waals surface area contributed by atoms with Crippen LogP contribution in [0.15, 0.2) is 54.2 Å². The number of aryl methyl sites for hydroxylation is 1. The van der Waals surface area contributed by atoms with Gasteiger partial charge in [0.25, 0.3) is 5.91 Å². The van der Waals surface area contributed by atoms with Crippen LogP contribution in [-0.4, -0.2) is 12.5 Å². The lowest BCUT2D eigenvalue weighted by molar-refractivity contribution is -0.112. The average Bonchev–Trinajstić information content (AvgIpc) is 2.62. The molecule has 126 valence electrons. The maximum Gasteiger partial charge on any atom is 0.267 e. The van der Waals surface area contributed by atoms with Gasteiger partial charge in [-0.05, 0) is 42.7 Å². The van der Waals surface area contributed by atoms with Crippen molar-refractivity contribution in [3.05, 3.63) is 69.8 Å². The molecule has 0 atom stereocenters. The van der Waals surface area contributed by atoms with E-state index in [9.17, 15) is 10.1 Å². The van der Waals surface area contributed by atoms with E-state index in [0.29, 0.717) is 15.7 Å². The van der Waals surface area contributed by atoms with Gasteiger partial charge in [0.2, 0.25) is 0 Å². The molecule has 25 heavy (non-hydrogen) atoms. The van der Waals surface area contributed by atoms with E-state index in [1.54, 1.807) is 24.4 Å². The molecular weight excluding hydrogens is 357 g/mol. The highest BCUT2D eigenvalue weighted by Crippen LogP contribution is 2.28. The SMILES string of the molecule is N#C/C(=C/N1CCCc2ccccc21)C(=O)Nc1cc(Cl)ccc1Cl. The first-order valence-corrected chi connectivity index (χ1v) is 8.57. The quantitative estimate of drug-likeness (QED) is 0.623. The zero-order chi connectivity index (χ0) is 17.8. The molecule has 3 rings (SSSR count). The van der Waals surface area contributed by atoms with Crippen molar-refractivity contribution in [2.45, 2.75) is 12.8 Å². The molecular formula is C19H15Cl2N3O. The van der Waals surface area contributed by atoms with Crippen LogP contribution in [-0.2, 0) is 11.2 Å². The van der Waals surface area contributed by atoms with E-state index >= 15 is 0 Å². The summed E-state index contributed by atoms with van der Waals surface area (Å²) in [7, 11) is 0. The Hall–Kier alpha value is -2.48. The predicted molar refractivity (Wildman–Crippen MR) is 101 cm³/mol. The third kappa shape index (κ3) is 3.96. The van der Waals surface area contributed by atoms with Gasteiger partial charge in [0.05, 0.1) is 10.7 Å². The number of benzene rings is 2. The van der Waals surface area contributed by atoms with Crippen molar-refractivity contribution >= 4 is 40.5 Å². The van der Waals surface area contributed by atoms with Crippen LogP contribution in [0.4, 0.5) is 11.4 Å². The van der Waals surface area contributed by atoms with E-state index in [4.69, 9.17) is 23.2 Å². The Balaban J connectivity index is 1.85. The normalized spacial score (nSPS) is 13.8. The first kappa shape index (κ1) is 17.3. The van der Waals surface area contributed by atoms with Gasteiger partial charge in [0.1, 0.15) is 11.6 Å². The van der Waals surface area contributed by atoms with Crippen molar-refractivity contribution in [2.75, 3.05) is 16.8 Å². The number of fused-ring (bicyclic) bond motifs is 1. The number of halogens is 2. The second-order valence-electron chi connectivity index (χ2n) is 5.66. The van der Waals surface area contributed by atoms with Crippen LogP contribution in [0.1, 0.15) is 12.0 Å². The molecule has 0 spiro atoms. The Labute approximate surface area is 156 Å². The zero-order valence-corrected chi connectivity index (χ0v) is 14.8. The lowest BCUT2D eigenvalue weighted by atomic mass is 10.0. The zero-order valence-electron chi connectivity index (χ0n) is 13.3. The molecule has 1 aliphatic rings. The number of amides is 1. The maximum absolute atomic E-state index is 12.5. The Morgan fingerprint density at radius 3 is 2.84 bits per heavy atom. The van der Waals surface area contributed by atoms with Crippen molar-refractivity contribution in [2.24, 2.45) is 0 Å². The highest BCUT2D eigenvalue weighted by Gasteiger charge is 2.18. The molecule has 6 heteroatoms. The molecule has 0 fully saturated rings. The summed E-state index contributed by atoms with van der Waals surface area (Å²) in [5.74, 6) is -0.519. The van der Waals surface area contributed by atoms with E-state index in [0.717, 1.165) is 25.1 Å². The number of carbonyl (C=O) groups excluding carboxylic acids is 1. The third-order valence-corrected chi connectivity index (χ3v) is 4.54. The van der Waals surface area contributed by atoms with Crippen molar-refractivity contribution in [3.63, 3.8) is 0 Å². The molecule has 1 heterocycles. The summed E-state index contributed by atoms with van der Waals surface area (Å²) in [5, 5.41) is 12.9. The lowest BCUT2D eigenvalue weighted by Crippen LogP contribution is -2.26. The van der Waals surface area contributed by atoms with Crippen LogP contribution in [0, 0.1) is 11.3 Å². The minimum absolute atomic E-state index is 0.00717. The molecule has 2 aromatic carbocycles. The lowest BCUT2D eigenvalue weighted by Gasteiger charge is -2.28. The number of rotatable bonds is 3. The van der Waals surface area contributed by atoms with E-state index < -0.39 is 5.91 Å². The second-order valence-corrected chi connectivity index (χ2v) is 6.50. The molecule has 1 amide bonds. The van der Waals surface area contributed by atoms with E-state index in [1.807, 2.05) is 29.2 Å². The highest BCUT2D eigenvalue weighted by molar-refractivity contribution is 6.36. The summed E-state index contributed by atoms with van der Waals surface area (Å²) in [4.78, 5) is 14.4. The number of para-hydroxylation sites is 1. The average molecular weight is 372 g/mol. The van der Waals surface area contributed by atoms with Gasteiger partial charge in [0, 0.05) is 23.5 Å². The molecule has 0 radical (unpaired) electrons. The van der Waals surface area contributed by atoms with Crippen LogP contribution in [0.25, 0.3) is 0 Å². The van der Waals surface area contributed by atoms with Gasteiger partial charge in [-0.1, -0.05) is 41.4 Å². The summed E-state index contributed by atoms with van der Waals surface area (Å²) in [6.07, 6.45) is 3.55. The van der Waals surface area contributed by atoms with Crippen molar-refractivity contribution in [3.8, 4) is 6.07 Å².